The van der Waals surface area contributed by atoms with Crippen LogP contribution >= 0.6 is 0 Å². The highest BCUT2D eigenvalue weighted by Crippen LogP contribution is 2.29. The summed E-state index contributed by atoms with van der Waals surface area (Å²) in [6.45, 7) is 1.80. The maximum Gasteiger partial charge on any atom is 0.248 e. The summed E-state index contributed by atoms with van der Waals surface area (Å²) >= 11 is 0. The van der Waals surface area contributed by atoms with Gasteiger partial charge in [0.05, 0.1) is 7.11 Å². The molecule has 104 valence electrons. The topological polar surface area (TPSA) is 38.8 Å². The summed E-state index contributed by atoms with van der Waals surface area (Å²) in [6, 6.07) is 8.22. The fourth-order valence-electron chi connectivity index (χ4n) is 2.57. The minimum absolute atomic E-state index is 0.0894. The van der Waals surface area contributed by atoms with Crippen LogP contribution in [0.2, 0.25) is 0 Å². The zero-order valence-electron chi connectivity index (χ0n) is 11.6. The van der Waals surface area contributed by atoms with Gasteiger partial charge in [-0.25, -0.2) is 0 Å². The van der Waals surface area contributed by atoms with Crippen LogP contribution in [0, 0.1) is 0 Å². The molecule has 0 spiro atoms. The highest BCUT2D eigenvalue weighted by atomic mass is 16.5. The van der Waals surface area contributed by atoms with Gasteiger partial charge in [0.15, 0.2) is 0 Å². The van der Waals surface area contributed by atoms with Crippen molar-refractivity contribution in [3.8, 4) is 5.75 Å². The number of carbonyl (C=O) groups is 1. The normalized spacial score (nSPS) is 16.4. The molecule has 1 aromatic carbocycles. The number of likely N-dealkylation sites (tertiary alicyclic amines) is 1. The monoisotopic (exact) mass is 263 g/mol. The minimum atomic E-state index is 0.0894. The molecule has 0 N–H and O–H groups in total. The van der Waals surface area contributed by atoms with E-state index in [1.54, 1.807) is 14.2 Å². The number of amides is 1. The van der Waals surface area contributed by atoms with Crippen molar-refractivity contribution in [2.24, 2.45) is 0 Å². The van der Waals surface area contributed by atoms with Crippen molar-refractivity contribution in [3.63, 3.8) is 0 Å². The number of piperidine rings is 1. The van der Waals surface area contributed by atoms with Gasteiger partial charge in [-0.15, -0.1) is 0 Å². The molecule has 1 saturated heterocycles. The van der Waals surface area contributed by atoms with Crippen molar-refractivity contribution in [1.82, 2.24) is 4.90 Å². The van der Waals surface area contributed by atoms with Crippen LogP contribution in [-0.2, 0) is 9.53 Å². The summed E-state index contributed by atoms with van der Waals surface area (Å²) in [6.07, 6.45) is 2.01. The molecule has 1 fully saturated rings. The summed E-state index contributed by atoms with van der Waals surface area (Å²) in [4.78, 5) is 13.6. The van der Waals surface area contributed by atoms with Crippen molar-refractivity contribution in [2.45, 2.75) is 18.8 Å². The lowest BCUT2D eigenvalue weighted by molar-refractivity contribution is -0.136. The molecule has 0 unspecified atom stereocenters. The molecule has 0 aromatic heterocycles. The number of carbonyl (C=O) groups excluding carboxylic acids is 1. The minimum Gasteiger partial charge on any atom is -0.497 e. The molecular formula is C15H21NO3. The van der Waals surface area contributed by atoms with Crippen LogP contribution in [0.4, 0.5) is 0 Å². The highest BCUT2D eigenvalue weighted by molar-refractivity contribution is 5.77. The van der Waals surface area contributed by atoms with E-state index in [4.69, 9.17) is 9.47 Å². The van der Waals surface area contributed by atoms with E-state index >= 15 is 0 Å². The summed E-state index contributed by atoms with van der Waals surface area (Å²) in [7, 11) is 3.24. The third-order valence-corrected chi connectivity index (χ3v) is 3.68. The second-order valence-corrected chi connectivity index (χ2v) is 4.86. The van der Waals surface area contributed by atoms with Crippen LogP contribution in [0.25, 0.3) is 0 Å². The number of nitrogens with zero attached hydrogens (tertiary/aromatic N) is 1. The Hall–Kier alpha value is -1.55. The van der Waals surface area contributed by atoms with Crippen LogP contribution in [0.1, 0.15) is 24.3 Å². The molecular weight excluding hydrogens is 242 g/mol. The summed E-state index contributed by atoms with van der Waals surface area (Å²) in [5, 5.41) is 0. The Bertz CT molecular complexity index is 425. The van der Waals surface area contributed by atoms with Gasteiger partial charge in [0.1, 0.15) is 12.4 Å². The van der Waals surface area contributed by atoms with Crippen LogP contribution in [0.3, 0.4) is 0 Å². The van der Waals surface area contributed by atoms with Gasteiger partial charge in [-0.3, -0.25) is 4.79 Å². The standard InChI is InChI=1S/C15H21NO3/c1-18-11-15(17)16-8-6-12(7-9-16)13-4-3-5-14(10-13)19-2/h3-5,10,12H,6-9,11H2,1-2H3. The first-order chi connectivity index (χ1) is 9.24. The average Bonchev–Trinajstić information content (AvgIpc) is 2.48. The number of benzene rings is 1. The van der Waals surface area contributed by atoms with Crippen LogP contribution in [0.15, 0.2) is 24.3 Å². The molecule has 0 saturated carbocycles. The summed E-state index contributed by atoms with van der Waals surface area (Å²) in [5.41, 5.74) is 1.30. The zero-order valence-corrected chi connectivity index (χ0v) is 11.6. The number of rotatable bonds is 4. The van der Waals surface area contributed by atoms with E-state index < -0.39 is 0 Å². The van der Waals surface area contributed by atoms with Crippen molar-refractivity contribution >= 4 is 5.91 Å². The van der Waals surface area contributed by atoms with Crippen molar-refractivity contribution in [3.05, 3.63) is 29.8 Å². The second kappa shape index (κ2) is 6.57. The molecule has 1 aromatic rings. The van der Waals surface area contributed by atoms with E-state index in [0.717, 1.165) is 31.7 Å². The molecule has 1 aliphatic heterocycles. The Balaban J connectivity index is 1.94. The molecule has 0 atom stereocenters. The molecule has 0 radical (unpaired) electrons. The molecule has 2 rings (SSSR count). The predicted molar refractivity (Wildman–Crippen MR) is 73.4 cm³/mol. The van der Waals surface area contributed by atoms with Crippen molar-refractivity contribution in [2.75, 3.05) is 33.9 Å². The van der Waals surface area contributed by atoms with Gasteiger partial charge < -0.3 is 14.4 Å². The van der Waals surface area contributed by atoms with Gasteiger partial charge in [-0.05, 0) is 36.5 Å². The Morgan fingerprint density at radius 3 is 2.68 bits per heavy atom. The van der Waals surface area contributed by atoms with E-state index in [1.807, 2.05) is 17.0 Å². The lowest BCUT2D eigenvalue weighted by atomic mass is 9.89. The van der Waals surface area contributed by atoms with E-state index in [1.165, 1.54) is 5.56 Å². The van der Waals surface area contributed by atoms with E-state index in [-0.39, 0.29) is 12.5 Å². The SMILES string of the molecule is COCC(=O)N1CCC(c2cccc(OC)c2)CC1. The largest absolute Gasteiger partial charge is 0.497 e. The third-order valence-electron chi connectivity index (χ3n) is 3.68. The molecule has 1 amide bonds. The van der Waals surface area contributed by atoms with E-state index in [0.29, 0.717) is 5.92 Å². The first-order valence-corrected chi connectivity index (χ1v) is 6.65. The Morgan fingerprint density at radius 1 is 1.32 bits per heavy atom. The molecule has 0 bridgehead atoms. The average molecular weight is 263 g/mol. The Labute approximate surface area is 114 Å². The lowest BCUT2D eigenvalue weighted by Crippen LogP contribution is -2.39. The quantitative estimate of drug-likeness (QED) is 0.834. The van der Waals surface area contributed by atoms with Gasteiger partial charge in [0.25, 0.3) is 0 Å². The highest BCUT2D eigenvalue weighted by Gasteiger charge is 2.23. The van der Waals surface area contributed by atoms with Gasteiger partial charge in [-0.1, -0.05) is 12.1 Å². The molecule has 0 aliphatic carbocycles. The molecule has 4 heteroatoms. The van der Waals surface area contributed by atoms with Gasteiger partial charge >= 0.3 is 0 Å². The number of ether oxygens (including phenoxy) is 2. The van der Waals surface area contributed by atoms with Crippen LogP contribution in [0.5, 0.6) is 5.75 Å². The van der Waals surface area contributed by atoms with Gasteiger partial charge in [0.2, 0.25) is 5.91 Å². The molecule has 1 aliphatic rings. The fraction of sp³-hybridized carbons (Fsp3) is 0.533. The second-order valence-electron chi connectivity index (χ2n) is 4.86. The molecule has 1 heterocycles. The zero-order chi connectivity index (χ0) is 13.7. The first-order valence-electron chi connectivity index (χ1n) is 6.65. The Morgan fingerprint density at radius 2 is 2.05 bits per heavy atom. The van der Waals surface area contributed by atoms with Crippen molar-refractivity contribution < 1.29 is 14.3 Å². The van der Waals surface area contributed by atoms with Gasteiger partial charge in [-0.2, -0.15) is 0 Å². The smallest absolute Gasteiger partial charge is 0.248 e. The number of hydrogen-bond acceptors (Lipinski definition) is 3. The molecule has 4 nitrogen and oxygen atoms in total. The van der Waals surface area contributed by atoms with E-state index in [2.05, 4.69) is 12.1 Å². The van der Waals surface area contributed by atoms with Crippen molar-refractivity contribution in [1.29, 1.82) is 0 Å². The summed E-state index contributed by atoms with van der Waals surface area (Å²) < 4.78 is 10.1. The maximum absolute atomic E-state index is 11.7. The first kappa shape index (κ1) is 13.9. The Kier molecular flexibility index (Phi) is 4.80. The predicted octanol–water partition coefficient (Wildman–Crippen LogP) is 2.05. The van der Waals surface area contributed by atoms with Crippen LogP contribution in [-0.4, -0.2) is 44.7 Å². The lowest BCUT2D eigenvalue weighted by Gasteiger charge is -2.32. The third kappa shape index (κ3) is 3.47. The fourth-order valence-corrected chi connectivity index (χ4v) is 2.57. The number of hydrogen-bond donors (Lipinski definition) is 0. The van der Waals surface area contributed by atoms with E-state index in [9.17, 15) is 4.79 Å². The molecule has 19 heavy (non-hydrogen) atoms. The summed E-state index contributed by atoms with van der Waals surface area (Å²) in [5.74, 6) is 1.50. The number of methoxy groups -OCH3 is 2. The van der Waals surface area contributed by atoms with Gasteiger partial charge in [0, 0.05) is 20.2 Å². The maximum atomic E-state index is 11.7. The van der Waals surface area contributed by atoms with Crippen LogP contribution < -0.4 is 4.74 Å².